The van der Waals surface area contributed by atoms with E-state index in [0.29, 0.717) is 13.0 Å². The van der Waals surface area contributed by atoms with E-state index in [1.54, 1.807) is 0 Å². The lowest BCUT2D eigenvalue weighted by Crippen LogP contribution is -2.46. The number of benzene rings is 2. The average Bonchev–Trinajstić information content (AvgIpc) is 3.16. The number of likely N-dealkylation sites (tertiary alicyclic amines) is 1. The zero-order valence-corrected chi connectivity index (χ0v) is 18.0. The number of nitrogens with zero attached hydrogens (tertiary/aromatic N) is 2. The van der Waals surface area contributed by atoms with Gasteiger partial charge in [0.15, 0.2) is 0 Å². The molecule has 6 heteroatoms. The highest BCUT2D eigenvalue weighted by Gasteiger charge is 2.38. The molecule has 0 N–H and O–H groups in total. The summed E-state index contributed by atoms with van der Waals surface area (Å²) in [5, 5.41) is 0. The predicted octanol–water partition coefficient (Wildman–Crippen LogP) is 5.40. The minimum Gasteiger partial charge on any atom is -0.444 e. The van der Waals surface area contributed by atoms with Crippen LogP contribution in [0.15, 0.2) is 54.6 Å². The Hall–Kier alpha value is -2.34. The summed E-state index contributed by atoms with van der Waals surface area (Å²) in [4.78, 5) is 27.0. The summed E-state index contributed by atoms with van der Waals surface area (Å²) in [5.74, 6) is -0.171. The molecule has 1 heterocycles. The molecule has 0 aliphatic carbocycles. The lowest BCUT2D eigenvalue weighted by atomic mass is 10.1. The van der Waals surface area contributed by atoms with Crippen LogP contribution in [0.25, 0.3) is 11.1 Å². The highest BCUT2D eigenvalue weighted by Crippen LogP contribution is 2.28. The van der Waals surface area contributed by atoms with Gasteiger partial charge >= 0.3 is 6.09 Å². The van der Waals surface area contributed by atoms with Gasteiger partial charge in [-0.05, 0) is 56.9 Å². The van der Waals surface area contributed by atoms with Crippen molar-refractivity contribution in [2.75, 3.05) is 10.5 Å². The van der Waals surface area contributed by atoms with Gasteiger partial charge in [0.25, 0.3) is 5.91 Å². The number of ether oxygens (including phenoxy) is 1. The highest BCUT2D eigenvalue weighted by atomic mass is 79.9. The summed E-state index contributed by atoms with van der Waals surface area (Å²) >= 11 is 3.39. The Morgan fingerprint density at radius 2 is 1.64 bits per heavy atom. The average molecular weight is 445 g/mol. The maximum Gasteiger partial charge on any atom is 0.410 e. The van der Waals surface area contributed by atoms with E-state index in [0.717, 1.165) is 23.2 Å². The number of hydrogen-bond acceptors (Lipinski definition) is 3. The predicted molar refractivity (Wildman–Crippen MR) is 114 cm³/mol. The largest absolute Gasteiger partial charge is 0.444 e. The zero-order chi connectivity index (χ0) is 20.3. The van der Waals surface area contributed by atoms with Crippen molar-refractivity contribution in [3.05, 3.63) is 54.6 Å². The van der Waals surface area contributed by atoms with Crippen molar-refractivity contribution < 1.29 is 14.3 Å². The first-order valence-electron chi connectivity index (χ1n) is 9.41. The molecule has 28 heavy (non-hydrogen) atoms. The highest BCUT2D eigenvalue weighted by molar-refractivity contribution is 9.10. The third-order valence-electron chi connectivity index (χ3n) is 4.56. The van der Waals surface area contributed by atoms with Crippen LogP contribution < -0.4 is 3.93 Å². The molecule has 2 aromatic rings. The van der Waals surface area contributed by atoms with Crippen molar-refractivity contribution in [3.63, 3.8) is 0 Å². The van der Waals surface area contributed by atoms with Gasteiger partial charge in [0.2, 0.25) is 0 Å². The van der Waals surface area contributed by atoms with Crippen molar-refractivity contribution >= 4 is 33.8 Å². The maximum absolute atomic E-state index is 13.0. The first kappa shape index (κ1) is 20.4. The van der Waals surface area contributed by atoms with Gasteiger partial charge in [-0.3, -0.25) is 9.69 Å². The summed E-state index contributed by atoms with van der Waals surface area (Å²) in [6.07, 6.45) is 0.967. The van der Waals surface area contributed by atoms with E-state index in [-0.39, 0.29) is 5.91 Å². The molecule has 0 spiro atoms. The van der Waals surface area contributed by atoms with Crippen LogP contribution in [0.1, 0.15) is 33.6 Å². The van der Waals surface area contributed by atoms with Crippen LogP contribution in [-0.2, 0) is 9.53 Å². The first-order chi connectivity index (χ1) is 13.3. The van der Waals surface area contributed by atoms with E-state index in [1.165, 1.54) is 8.83 Å². The van der Waals surface area contributed by atoms with E-state index in [9.17, 15) is 9.59 Å². The molecule has 1 saturated heterocycles. The Morgan fingerprint density at radius 3 is 2.25 bits per heavy atom. The third kappa shape index (κ3) is 4.73. The summed E-state index contributed by atoms with van der Waals surface area (Å²) in [6.45, 7) is 5.99. The Bertz CT molecular complexity index is 831. The Kier molecular flexibility index (Phi) is 6.08. The van der Waals surface area contributed by atoms with Crippen LogP contribution in [0, 0.1) is 0 Å². The lowest BCUT2D eigenvalue weighted by molar-refractivity contribution is -0.121. The van der Waals surface area contributed by atoms with E-state index in [2.05, 4.69) is 16.1 Å². The fourth-order valence-electron chi connectivity index (χ4n) is 3.24. The molecule has 2 aromatic carbocycles. The molecule has 3 rings (SSSR count). The van der Waals surface area contributed by atoms with Crippen molar-refractivity contribution in [2.45, 2.75) is 45.3 Å². The number of carbonyl (C=O) groups excluding carboxylic acids is 2. The summed E-state index contributed by atoms with van der Waals surface area (Å²) < 4.78 is 6.89. The number of carbonyl (C=O) groups is 2. The van der Waals surface area contributed by atoms with E-state index in [1.807, 2.05) is 75.4 Å². The van der Waals surface area contributed by atoms with Crippen LogP contribution in [0.5, 0.6) is 0 Å². The van der Waals surface area contributed by atoms with Gasteiger partial charge < -0.3 is 4.74 Å². The van der Waals surface area contributed by atoms with Crippen molar-refractivity contribution in [3.8, 4) is 11.1 Å². The SMILES string of the molecule is CC(C)(C)OC(=O)N1CCCC1C(=O)N(Br)c1ccc(-c2ccccc2)cc1. The van der Waals surface area contributed by atoms with E-state index >= 15 is 0 Å². The van der Waals surface area contributed by atoms with Gasteiger partial charge in [-0.15, -0.1) is 0 Å². The van der Waals surface area contributed by atoms with Gasteiger partial charge in [0.05, 0.1) is 21.8 Å². The Balaban J connectivity index is 1.72. The Morgan fingerprint density at radius 1 is 1.04 bits per heavy atom. The number of hydrogen-bond donors (Lipinski definition) is 0. The fourth-order valence-corrected chi connectivity index (χ4v) is 3.71. The van der Waals surface area contributed by atoms with Crippen LogP contribution in [0.2, 0.25) is 0 Å². The zero-order valence-electron chi connectivity index (χ0n) is 16.4. The van der Waals surface area contributed by atoms with Gasteiger partial charge in [-0.25, -0.2) is 8.72 Å². The van der Waals surface area contributed by atoms with Crippen LogP contribution >= 0.6 is 16.1 Å². The molecule has 1 fully saturated rings. The van der Waals surface area contributed by atoms with E-state index in [4.69, 9.17) is 4.74 Å². The molecule has 2 amide bonds. The number of amides is 2. The second-order valence-electron chi connectivity index (χ2n) is 7.86. The minimum absolute atomic E-state index is 0.171. The van der Waals surface area contributed by atoms with Crippen molar-refractivity contribution in [1.82, 2.24) is 4.90 Å². The summed E-state index contributed by atoms with van der Waals surface area (Å²) in [6, 6.07) is 17.3. The quantitative estimate of drug-likeness (QED) is 0.595. The second-order valence-corrected chi connectivity index (χ2v) is 8.57. The fraction of sp³-hybridized carbons (Fsp3) is 0.364. The first-order valence-corrected chi connectivity index (χ1v) is 10.1. The molecule has 148 valence electrons. The number of anilines is 1. The van der Waals surface area contributed by atoms with Crippen molar-refractivity contribution in [1.29, 1.82) is 0 Å². The normalized spacial score (nSPS) is 16.7. The summed E-state index contributed by atoms with van der Waals surface area (Å²) in [7, 11) is 0. The molecule has 1 unspecified atom stereocenters. The Labute approximate surface area is 174 Å². The monoisotopic (exact) mass is 444 g/mol. The third-order valence-corrected chi connectivity index (χ3v) is 5.32. The van der Waals surface area contributed by atoms with Crippen LogP contribution in [0.4, 0.5) is 10.5 Å². The maximum atomic E-state index is 13.0. The molecule has 1 aliphatic rings. The molecule has 1 atom stereocenters. The lowest BCUT2D eigenvalue weighted by Gasteiger charge is -2.29. The standard InChI is InChI=1S/C22H25BrN2O3/c1-22(2,3)28-21(27)24-15-7-10-19(24)20(26)25(23)18-13-11-17(12-14-18)16-8-5-4-6-9-16/h4-6,8-9,11-14,19H,7,10,15H2,1-3H3. The molecule has 0 bridgehead atoms. The number of halogens is 1. The minimum atomic E-state index is -0.589. The van der Waals surface area contributed by atoms with Gasteiger partial charge in [-0.1, -0.05) is 42.5 Å². The molecule has 0 aromatic heterocycles. The summed E-state index contributed by atoms with van der Waals surface area (Å²) in [5.41, 5.74) is 2.33. The molecule has 5 nitrogen and oxygen atoms in total. The number of rotatable bonds is 3. The van der Waals surface area contributed by atoms with Crippen LogP contribution in [0.3, 0.4) is 0 Å². The molecular formula is C22H25BrN2O3. The van der Waals surface area contributed by atoms with Crippen molar-refractivity contribution in [2.24, 2.45) is 0 Å². The molecule has 0 saturated carbocycles. The smallest absolute Gasteiger partial charge is 0.410 e. The van der Waals surface area contributed by atoms with Crippen LogP contribution in [-0.4, -0.2) is 35.1 Å². The topological polar surface area (TPSA) is 49.9 Å². The molecule has 1 aliphatic heterocycles. The molecular weight excluding hydrogens is 420 g/mol. The van der Waals surface area contributed by atoms with E-state index < -0.39 is 17.7 Å². The van der Waals surface area contributed by atoms with Gasteiger partial charge in [0.1, 0.15) is 11.6 Å². The van der Waals surface area contributed by atoms with Gasteiger partial charge in [-0.2, -0.15) is 0 Å². The van der Waals surface area contributed by atoms with Gasteiger partial charge in [0, 0.05) is 6.54 Å². The molecule has 0 radical (unpaired) electrons. The second kappa shape index (κ2) is 8.35.